The highest BCUT2D eigenvalue weighted by molar-refractivity contribution is 7.92. The molecular weight excluding hydrogens is 438 g/mol. The van der Waals surface area contributed by atoms with Crippen LogP contribution in [0.15, 0.2) is 48.5 Å². The molecule has 0 aromatic heterocycles. The zero-order chi connectivity index (χ0) is 24.8. The fraction of sp³-hybridized carbons (Fsp3) is 0.440. The molecule has 0 fully saturated rings. The molecule has 2 aromatic carbocycles. The van der Waals surface area contributed by atoms with Gasteiger partial charge in [-0.25, -0.2) is 8.42 Å². The summed E-state index contributed by atoms with van der Waals surface area (Å²) in [7, 11) is -3.73. The van der Waals surface area contributed by atoms with Crippen molar-refractivity contribution in [3.63, 3.8) is 0 Å². The summed E-state index contributed by atoms with van der Waals surface area (Å²) in [4.78, 5) is 27.8. The highest BCUT2D eigenvalue weighted by Gasteiger charge is 2.30. The Labute approximate surface area is 197 Å². The number of nitrogens with one attached hydrogen (secondary N) is 1. The van der Waals surface area contributed by atoms with Gasteiger partial charge in [-0.15, -0.1) is 0 Å². The quantitative estimate of drug-likeness (QED) is 0.573. The number of rotatable bonds is 10. The first-order valence-electron chi connectivity index (χ1n) is 11.1. The van der Waals surface area contributed by atoms with Crippen molar-refractivity contribution in [2.45, 2.75) is 59.7 Å². The van der Waals surface area contributed by atoms with E-state index in [0.29, 0.717) is 5.69 Å². The van der Waals surface area contributed by atoms with Gasteiger partial charge in [0.25, 0.3) is 0 Å². The van der Waals surface area contributed by atoms with Gasteiger partial charge in [0.05, 0.1) is 11.9 Å². The summed E-state index contributed by atoms with van der Waals surface area (Å²) in [5.74, 6) is -0.722. The lowest BCUT2D eigenvalue weighted by atomic mass is 10.1. The second-order valence-electron chi connectivity index (χ2n) is 8.61. The van der Waals surface area contributed by atoms with E-state index in [9.17, 15) is 18.0 Å². The minimum absolute atomic E-state index is 0.0314. The minimum atomic E-state index is -3.73. The van der Waals surface area contributed by atoms with Gasteiger partial charge in [-0.1, -0.05) is 48.9 Å². The average molecular weight is 474 g/mol. The Morgan fingerprint density at radius 3 is 2.18 bits per heavy atom. The van der Waals surface area contributed by atoms with Crippen LogP contribution >= 0.6 is 0 Å². The van der Waals surface area contributed by atoms with Gasteiger partial charge in [0.1, 0.15) is 12.6 Å². The molecule has 2 amide bonds. The maximum absolute atomic E-state index is 13.5. The summed E-state index contributed by atoms with van der Waals surface area (Å²) in [6.07, 6.45) is 1.84. The first kappa shape index (κ1) is 26.4. The molecule has 7 nitrogen and oxygen atoms in total. The highest BCUT2D eigenvalue weighted by Crippen LogP contribution is 2.20. The van der Waals surface area contributed by atoms with E-state index in [0.717, 1.165) is 33.7 Å². The number of carbonyl (C=O) groups excluding carboxylic acids is 2. The number of benzene rings is 2. The van der Waals surface area contributed by atoms with E-state index in [2.05, 4.69) is 5.32 Å². The van der Waals surface area contributed by atoms with Crippen molar-refractivity contribution >= 4 is 27.5 Å². The van der Waals surface area contributed by atoms with Gasteiger partial charge in [0.2, 0.25) is 21.8 Å². The van der Waals surface area contributed by atoms with E-state index in [1.165, 1.54) is 4.90 Å². The third-order valence-corrected chi connectivity index (χ3v) is 6.75. The minimum Gasteiger partial charge on any atom is -0.352 e. The zero-order valence-electron chi connectivity index (χ0n) is 20.3. The van der Waals surface area contributed by atoms with Crippen molar-refractivity contribution in [3.05, 3.63) is 65.2 Å². The van der Waals surface area contributed by atoms with Crippen molar-refractivity contribution in [2.24, 2.45) is 0 Å². The Kier molecular flexibility index (Phi) is 9.05. The van der Waals surface area contributed by atoms with Gasteiger partial charge in [-0.3, -0.25) is 13.9 Å². The van der Waals surface area contributed by atoms with Crippen LogP contribution in [-0.2, 0) is 26.2 Å². The van der Waals surface area contributed by atoms with E-state index >= 15 is 0 Å². The smallest absolute Gasteiger partial charge is 0.244 e. The zero-order valence-corrected chi connectivity index (χ0v) is 21.1. The molecule has 1 N–H and O–H groups in total. The van der Waals surface area contributed by atoms with Gasteiger partial charge < -0.3 is 10.2 Å². The maximum Gasteiger partial charge on any atom is 0.244 e. The van der Waals surface area contributed by atoms with Crippen LogP contribution in [0.25, 0.3) is 0 Å². The van der Waals surface area contributed by atoms with Crippen LogP contribution in [0, 0.1) is 13.8 Å². The Bertz CT molecular complexity index is 1070. The van der Waals surface area contributed by atoms with Gasteiger partial charge in [-0.05, 0) is 57.4 Å². The standard InChI is InChI=1S/C25H35N3O4S/c1-7-20(4)26-25(30)21(5)27(16-22-13-11-18(2)12-14-22)24(29)17-28(33(6,31)32)23-10-8-9-19(3)15-23/h8-15,20-21H,7,16-17H2,1-6H3,(H,26,30)/t20-,21+/m1/s1. The lowest BCUT2D eigenvalue weighted by molar-refractivity contribution is -0.139. The van der Waals surface area contributed by atoms with E-state index in [1.807, 2.05) is 58.0 Å². The van der Waals surface area contributed by atoms with Crippen LogP contribution in [0.1, 0.15) is 43.9 Å². The Morgan fingerprint density at radius 2 is 1.64 bits per heavy atom. The molecule has 0 bridgehead atoms. The normalized spacial score (nSPS) is 13.2. The van der Waals surface area contributed by atoms with Gasteiger partial charge in [0.15, 0.2) is 0 Å². The third kappa shape index (κ3) is 7.60. The summed E-state index contributed by atoms with van der Waals surface area (Å²) in [5.41, 5.74) is 3.24. The molecule has 0 aliphatic carbocycles. The molecule has 2 atom stereocenters. The van der Waals surface area contributed by atoms with Crippen molar-refractivity contribution in [3.8, 4) is 0 Å². The van der Waals surface area contributed by atoms with Crippen LogP contribution in [0.4, 0.5) is 5.69 Å². The van der Waals surface area contributed by atoms with Crippen molar-refractivity contribution in [2.75, 3.05) is 17.1 Å². The second kappa shape index (κ2) is 11.3. The molecular formula is C25H35N3O4S. The number of hydrogen-bond donors (Lipinski definition) is 1. The number of sulfonamides is 1. The molecule has 0 aliphatic heterocycles. The number of carbonyl (C=O) groups is 2. The van der Waals surface area contributed by atoms with Gasteiger partial charge in [0, 0.05) is 12.6 Å². The topological polar surface area (TPSA) is 86.8 Å². The van der Waals surface area contributed by atoms with Gasteiger partial charge >= 0.3 is 0 Å². The maximum atomic E-state index is 13.5. The van der Waals surface area contributed by atoms with Crippen LogP contribution in [0.2, 0.25) is 0 Å². The molecule has 0 saturated carbocycles. The second-order valence-corrected chi connectivity index (χ2v) is 10.5. The molecule has 180 valence electrons. The monoisotopic (exact) mass is 473 g/mol. The molecule has 2 aromatic rings. The summed E-state index contributed by atoms with van der Waals surface area (Å²) >= 11 is 0. The molecule has 8 heteroatoms. The number of anilines is 1. The van der Waals surface area contributed by atoms with Crippen LogP contribution in [0.5, 0.6) is 0 Å². The first-order valence-corrected chi connectivity index (χ1v) is 13.0. The van der Waals surface area contributed by atoms with Crippen LogP contribution in [-0.4, -0.2) is 50.0 Å². The van der Waals surface area contributed by atoms with Crippen molar-refractivity contribution in [1.29, 1.82) is 0 Å². The number of hydrogen-bond acceptors (Lipinski definition) is 4. The Balaban J connectivity index is 2.37. The molecule has 0 aliphatic rings. The molecule has 0 unspecified atom stereocenters. The predicted molar refractivity (Wildman–Crippen MR) is 132 cm³/mol. The SMILES string of the molecule is CC[C@@H](C)NC(=O)[C@H](C)N(Cc1ccc(C)cc1)C(=O)CN(c1cccc(C)c1)S(C)(=O)=O. The van der Waals surface area contributed by atoms with Crippen molar-refractivity contribution < 1.29 is 18.0 Å². The number of aryl methyl sites for hydroxylation is 2. The Hall–Kier alpha value is -2.87. The number of amides is 2. The molecule has 33 heavy (non-hydrogen) atoms. The lowest BCUT2D eigenvalue weighted by Crippen LogP contribution is -2.52. The van der Waals surface area contributed by atoms with E-state index in [1.54, 1.807) is 25.1 Å². The molecule has 0 heterocycles. The fourth-order valence-corrected chi connectivity index (χ4v) is 4.18. The summed E-state index contributed by atoms with van der Waals surface area (Å²) in [5, 5.41) is 2.92. The Morgan fingerprint density at radius 1 is 1.00 bits per heavy atom. The highest BCUT2D eigenvalue weighted by atomic mass is 32.2. The van der Waals surface area contributed by atoms with Crippen LogP contribution in [0.3, 0.4) is 0 Å². The van der Waals surface area contributed by atoms with Gasteiger partial charge in [-0.2, -0.15) is 0 Å². The number of nitrogens with zero attached hydrogens (tertiary/aromatic N) is 2. The molecule has 0 radical (unpaired) electrons. The molecule has 2 rings (SSSR count). The fourth-order valence-electron chi connectivity index (χ4n) is 3.34. The average Bonchev–Trinajstić information content (AvgIpc) is 2.75. The van der Waals surface area contributed by atoms with E-state index < -0.39 is 28.5 Å². The van der Waals surface area contributed by atoms with E-state index in [-0.39, 0.29) is 18.5 Å². The molecule has 0 spiro atoms. The first-order chi connectivity index (χ1) is 15.4. The largest absolute Gasteiger partial charge is 0.352 e. The lowest BCUT2D eigenvalue weighted by Gasteiger charge is -2.32. The van der Waals surface area contributed by atoms with Crippen LogP contribution < -0.4 is 9.62 Å². The van der Waals surface area contributed by atoms with E-state index in [4.69, 9.17) is 0 Å². The summed E-state index contributed by atoms with van der Waals surface area (Å²) in [6, 6.07) is 13.9. The third-order valence-electron chi connectivity index (χ3n) is 5.61. The summed E-state index contributed by atoms with van der Waals surface area (Å²) in [6.45, 7) is 9.17. The van der Waals surface area contributed by atoms with Crippen molar-refractivity contribution in [1.82, 2.24) is 10.2 Å². The summed E-state index contributed by atoms with van der Waals surface area (Å²) < 4.78 is 26.2. The molecule has 0 saturated heterocycles. The predicted octanol–water partition coefficient (Wildman–Crippen LogP) is 3.40.